The molecule has 1 aliphatic heterocycles. The maximum Gasteiger partial charge on any atom is 0.243 e. The fourth-order valence-corrected chi connectivity index (χ4v) is 6.30. The molecular weight excluding hydrogens is 404 g/mol. The van der Waals surface area contributed by atoms with E-state index in [-0.39, 0.29) is 30.4 Å². The van der Waals surface area contributed by atoms with Gasteiger partial charge in [-0.1, -0.05) is 56.0 Å². The molecule has 5 heteroatoms. The van der Waals surface area contributed by atoms with E-state index in [4.69, 9.17) is 0 Å². The van der Waals surface area contributed by atoms with Crippen molar-refractivity contribution in [3.05, 3.63) is 57.8 Å². The Morgan fingerprint density at radius 3 is 2.55 bits per heavy atom. The Hall–Kier alpha value is -2.14. The summed E-state index contributed by atoms with van der Waals surface area (Å²) in [5.41, 5.74) is 2.40. The first kappa shape index (κ1) is 20.7. The normalized spacial score (nSPS) is 21.2. The molecule has 1 unspecified atom stereocenters. The van der Waals surface area contributed by atoms with Crippen LogP contribution in [0.1, 0.15) is 73.4 Å². The number of benzene rings is 1. The lowest BCUT2D eigenvalue weighted by Gasteiger charge is -2.37. The van der Waals surface area contributed by atoms with Crippen molar-refractivity contribution in [3.8, 4) is 0 Å². The van der Waals surface area contributed by atoms with Gasteiger partial charge in [-0.15, -0.1) is 11.3 Å². The molecule has 2 aromatic rings. The van der Waals surface area contributed by atoms with Crippen molar-refractivity contribution in [1.29, 1.82) is 0 Å². The molecule has 0 bridgehead atoms. The van der Waals surface area contributed by atoms with Gasteiger partial charge in [-0.05, 0) is 54.2 Å². The van der Waals surface area contributed by atoms with Crippen LogP contribution in [0, 0.1) is 5.92 Å². The highest BCUT2D eigenvalue weighted by atomic mass is 32.1. The Morgan fingerprint density at radius 1 is 1.03 bits per heavy atom. The van der Waals surface area contributed by atoms with E-state index in [1.165, 1.54) is 36.1 Å². The lowest BCUT2D eigenvalue weighted by Crippen LogP contribution is -2.47. The highest BCUT2D eigenvalue weighted by Crippen LogP contribution is 2.38. The third kappa shape index (κ3) is 4.57. The molecule has 2 fully saturated rings. The van der Waals surface area contributed by atoms with Crippen molar-refractivity contribution >= 4 is 23.2 Å². The molecule has 2 heterocycles. The van der Waals surface area contributed by atoms with Gasteiger partial charge in [0.05, 0.1) is 6.04 Å². The van der Waals surface area contributed by atoms with E-state index >= 15 is 0 Å². The molecule has 0 radical (unpaired) electrons. The average Bonchev–Trinajstić information content (AvgIpc) is 3.29. The minimum absolute atomic E-state index is 0.0432. The van der Waals surface area contributed by atoms with Crippen molar-refractivity contribution in [2.45, 2.75) is 69.9 Å². The summed E-state index contributed by atoms with van der Waals surface area (Å²) in [5, 5.41) is 2.14. The van der Waals surface area contributed by atoms with Gasteiger partial charge in [-0.3, -0.25) is 9.59 Å². The molecule has 2 aliphatic carbocycles. The summed E-state index contributed by atoms with van der Waals surface area (Å²) in [6, 6.07) is 12.7. The summed E-state index contributed by atoms with van der Waals surface area (Å²) in [6.07, 6.45) is 9.74. The predicted octanol–water partition coefficient (Wildman–Crippen LogP) is 5.18. The molecule has 4 nitrogen and oxygen atoms in total. The number of hydrogen-bond donors (Lipinski definition) is 0. The SMILES string of the molecule is O=C(CCC1CCCC1)N(CC(=O)N1CCc2sccc2C1c1ccccc1)C1CC1. The summed E-state index contributed by atoms with van der Waals surface area (Å²) >= 11 is 1.79. The van der Waals surface area contributed by atoms with Crippen LogP contribution in [0.3, 0.4) is 0 Å². The molecule has 2 saturated carbocycles. The van der Waals surface area contributed by atoms with Crippen LogP contribution >= 0.6 is 11.3 Å². The molecule has 1 aromatic heterocycles. The minimum atomic E-state index is -0.0432. The third-order valence-corrected chi connectivity index (χ3v) is 8.25. The summed E-state index contributed by atoms with van der Waals surface area (Å²) in [7, 11) is 0. The number of carbonyl (C=O) groups excluding carboxylic acids is 2. The topological polar surface area (TPSA) is 40.6 Å². The van der Waals surface area contributed by atoms with Crippen LogP contribution in [-0.4, -0.2) is 40.7 Å². The number of hydrogen-bond acceptors (Lipinski definition) is 3. The van der Waals surface area contributed by atoms with Crippen molar-refractivity contribution in [1.82, 2.24) is 9.80 Å². The van der Waals surface area contributed by atoms with Gasteiger partial charge >= 0.3 is 0 Å². The van der Waals surface area contributed by atoms with Crippen LogP contribution in [0.25, 0.3) is 0 Å². The molecular formula is C26H32N2O2S. The Bertz CT molecular complexity index is 914. The van der Waals surface area contributed by atoms with Gasteiger partial charge < -0.3 is 9.80 Å². The van der Waals surface area contributed by atoms with Crippen LogP contribution in [0.15, 0.2) is 41.8 Å². The van der Waals surface area contributed by atoms with E-state index in [2.05, 4.69) is 23.6 Å². The lowest BCUT2D eigenvalue weighted by atomic mass is 9.93. The molecule has 0 spiro atoms. The first-order valence-electron chi connectivity index (χ1n) is 11.9. The maximum atomic E-state index is 13.6. The van der Waals surface area contributed by atoms with E-state index < -0.39 is 0 Å². The molecule has 0 N–H and O–H groups in total. The largest absolute Gasteiger partial charge is 0.330 e. The second-order valence-electron chi connectivity index (χ2n) is 9.39. The monoisotopic (exact) mass is 436 g/mol. The molecule has 3 aliphatic rings. The zero-order chi connectivity index (χ0) is 21.2. The second kappa shape index (κ2) is 9.15. The first-order valence-corrected chi connectivity index (χ1v) is 12.8. The summed E-state index contributed by atoms with van der Waals surface area (Å²) < 4.78 is 0. The zero-order valence-corrected chi connectivity index (χ0v) is 19.0. The van der Waals surface area contributed by atoms with Gasteiger partial charge in [0, 0.05) is 23.9 Å². The van der Waals surface area contributed by atoms with E-state index in [0.717, 1.165) is 37.8 Å². The van der Waals surface area contributed by atoms with Gasteiger partial charge in [0.15, 0.2) is 0 Å². The second-order valence-corrected chi connectivity index (χ2v) is 10.4. The number of amides is 2. The molecule has 31 heavy (non-hydrogen) atoms. The third-order valence-electron chi connectivity index (χ3n) is 7.26. The quantitative estimate of drug-likeness (QED) is 0.600. The van der Waals surface area contributed by atoms with E-state index in [9.17, 15) is 9.59 Å². The smallest absolute Gasteiger partial charge is 0.243 e. The summed E-state index contributed by atoms with van der Waals surface area (Å²) in [4.78, 5) is 31.9. The van der Waals surface area contributed by atoms with Crippen LogP contribution in [-0.2, 0) is 16.0 Å². The fourth-order valence-electron chi connectivity index (χ4n) is 5.39. The van der Waals surface area contributed by atoms with Crippen molar-refractivity contribution in [3.63, 3.8) is 0 Å². The molecule has 0 saturated heterocycles. The molecule has 1 atom stereocenters. The number of carbonyl (C=O) groups is 2. The fraction of sp³-hybridized carbons (Fsp3) is 0.538. The Balaban J connectivity index is 1.31. The number of thiophene rings is 1. The summed E-state index contributed by atoms with van der Waals surface area (Å²) in [6.45, 7) is 0.956. The summed E-state index contributed by atoms with van der Waals surface area (Å²) in [5.74, 6) is 0.987. The van der Waals surface area contributed by atoms with Crippen LogP contribution in [0.5, 0.6) is 0 Å². The Labute approximate surface area is 189 Å². The highest BCUT2D eigenvalue weighted by Gasteiger charge is 2.38. The molecule has 164 valence electrons. The minimum Gasteiger partial charge on any atom is -0.330 e. The number of nitrogens with zero attached hydrogens (tertiary/aromatic N) is 2. The van der Waals surface area contributed by atoms with Gasteiger partial charge in [-0.2, -0.15) is 0 Å². The number of fused-ring (bicyclic) bond motifs is 1. The van der Waals surface area contributed by atoms with E-state index in [1.54, 1.807) is 11.3 Å². The standard InChI is InChI=1S/C26H32N2O2S/c29-24(13-10-19-6-4-5-7-19)28(21-11-12-21)18-25(30)27-16-14-23-22(15-17-31-23)26(27)20-8-2-1-3-9-20/h1-3,8-9,15,17,19,21,26H,4-7,10-14,16,18H2. The Morgan fingerprint density at radius 2 is 1.81 bits per heavy atom. The van der Waals surface area contributed by atoms with Crippen LogP contribution in [0.2, 0.25) is 0 Å². The first-order chi connectivity index (χ1) is 15.2. The van der Waals surface area contributed by atoms with Crippen molar-refractivity contribution < 1.29 is 9.59 Å². The molecule has 5 rings (SSSR count). The Kier molecular flexibility index (Phi) is 6.13. The number of rotatable bonds is 7. The lowest BCUT2D eigenvalue weighted by molar-refractivity contribution is -0.142. The highest BCUT2D eigenvalue weighted by molar-refractivity contribution is 7.10. The van der Waals surface area contributed by atoms with Gasteiger partial charge in [0.2, 0.25) is 11.8 Å². The van der Waals surface area contributed by atoms with Gasteiger partial charge in [0.1, 0.15) is 6.54 Å². The van der Waals surface area contributed by atoms with E-state index in [1.807, 2.05) is 28.0 Å². The molecule has 1 aromatic carbocycles. The predicted molar refractivity (Wildman–Crippen MR) is 124 cm³/mol. The van der Waals surface area contributed by atoms with Crippen LogP contribution in [0.4, 0.5) is 0 Å². The van der Waals surface area contributed by atoms with Crippen molar-refractivity contribution in [2.24, 2.45) is 5.92 Å². The van der Waals surface area contributed by atoms with Crippen molar-refractivity contribution in [2.75, 3.05) is 13.1 Å². The van der Waals surface area contributed by atoms with Crippen LogP contribution < -0.4 is 0 Å². The zero-order valence-electron chi connectivity index (χ0n) is 18.2. The average molecular weight is 437 g/mol. The van der Waals surface area contributed by atoms with Gasteiger partial charge in [0.25, 0.3) is 0 Å². The maximum absolute atomic E-state index is 13.6. The van der Waals surface area contributed by atoms with Gasteiger partial charge in [-0.25, -0.2) is 0 Å². The molecule has 2 amide bonds. The van der Waals surface area contributed by atoms with E-state index in [0.29, 0.717) is 12.3 Å².